The van der Waals surface area contributed by atoms with Gasteiger partial charge in [-0.05, 0) is 48.9 Å². The predicted molar refractivity (Wildman–Crippen MR) is 124 cm³/mol. The molecular formula is C23H19N5O3S. The van der Waals surface area contributed by atoms with E-state index in [-0.39, 0.29) is 5.56 Å². The molecule has 0 fully saturated rings. The Bertz CT molecular complexity index is 1310. The van der Waals surface area contributed by atoms with Gasteiger partial charge in [-0.2, -0.15) is 0 Å². The molecule has 0 spiro atoms. The Morgan fingerprint density at radius 1 is 1.16 bits per heavy atom. The summed E-state index contributed by atoms with van der Waals surface area (Å²) in [5.41, 5.74) is 2.75. The number of fused-ring (bicyclic) bond motifs is 1. The third kappa shape index (κ3) is 3.85. The minimum atomic E-state index is -1.01. The molecule has 0 aliphatic carbocycles. The van der Waals surface area contributed by atoms with Crippen molar-refractivity contribution in [2.24, 2.45) is 0 Å². The van der Waals surface area contributed by atoms with Crippen molar-refractivity contribution in [1.29, 1.82) is 0 Å². The molecule has 8 nitrogen and oxygen atoms in total. The second kappa shape index (κ2) is 8.27. The highest BCUT2D eigenvalue weighted by atomic mass is 32.1. The molecule has 1 aliphatic rings. The lowest BCUT2D eigenvalue weighted by Crippen LogP contribution is -2.29. The molecule has 4 aromatic rings. The van der Waals surface area contributed by atoms with Gasteiger partial charge in [0.15, 0.2) is 10.9 Å². The van der Waals surface area contributed by atoms with E-state index < -0.39 is 5.97 Å². The van der Waals surface area contributed by atoms with E-state index in [4.69, 9.17) is 9.72 Å². The molecule has 1 aliphatic heterocycles. The van der Waals surface area contributed by atoms with E-state index in [1.54, 1.807) is 24.5 Å². The predicted octanol–water partition coefficient (Wildman–Crippen LogP) is 4.88. The zero-order valence-electron chi connectivity index (χ0n) is 17.1. The number of carboxylic acid groups (broad SMARTS) is 1. The number of benzene rings is 1. The summed E-state index contributed by atoms with van der Waals surface area (Å²) in [7, 11) is 0. The van der Waals surface area contributed by atoms with Crippen LogP contribution in [0, 0.1) is 6.92 Å². The lowest BCUT2D eigenvalue weighted by Gasteiger charge is -2.29. The number of para-hydroxylation sites is 1. The smallest absolute Gasteiger partial charge is 0.339 e. The average Bonchev–Trinajstić information content (AvgIpc) is 3.28. The maximum atomic E-state index is 11.6. The van der Waals surface area contributed by atoms with Gasteiger partial charge in [-0.1, -0.05) is 23.5 Å². The number of pyridine rings is 2. The lowest BCUT2D eigenvalue weighted by molar-refractivity contribution is 0.0692. The summed E-state index contributed by atoms with van der Waals surface area (Å²) < 4.78 is 5.67. The first-order valence-electron chi connectivity index (χ1n) is 9.98. The number of ether oxygens (including phenoxy) is 1. The van der Waals surface area contributed by atoms with E-state index >= 15 is 0 Å². The van der Waals surface area contributed by atoms with Gasteiger partial charge in [0.25, 0.3) is 0 Å². The Balaban J connectivity index is 1.43. The first kappa shape index (κ1) is 20.0. The topological polar surface area (TPSA) is 100 Å². The molecule has 160 valence electrons. The zero-order chi connectivity index (χ0) is 22.1. The van der Waals surface area contributed by atoms with Gasteiger partial charge < -0.3 is 20.1 Å². The van der Waals surface area contributed by atoms with Crippen molar-refractivity contribution < 1.29 is 14.6 Å². The second-order valence-corrected chi connectivity index (χ2v) is 8.23. The summed E-state index contributed by atoms with van der Waals surface area (Å²) in [5, 5.41) is 13.5. The van der Waals surface area contributed by atoms with Crippen LogP contribution in [0.2, 0.25) is 0 Å². The van der Waals surface area contributed by atoms with Crippen LogP contribution in [0.5, 0.6) is 5.75 Å². The van der Waals surface area contributed by atoms with E-state index in [2.05, 4.69) is 15.3 Å². The van der Waals surface area contributed by atoms with Crippen LogP contribution in [0.15, 0.2) is 60.9 Å². The Hall–Kier alpha value is -3.98. The second-order valence-electron chi connectivity index (χ2n) is 7.22. The Kier molecular flexibility index (Phi) is 5.16. The number of aromatic carboxylic acids is 1. The fourth-order valence-electron chi connectivity index (χ4n) is 3.50. The van der Waals surface area contributed by atoms with Crippen molar-refractivity contribution in [2.75, 3.05) is 23.4 Å². The van der Waals surface area contributed by atoms with E-state index in [1.807, 2.05) is 48.2 Å². The quantitative estimate of drug-likeness (QED) is 0.448. The third-order valence-corrected chi connectivity index (χ3v) is 6.02. The van der Waals surface area contributed by atoms with Crippen molar-refractivity contribution in [3.63, 3.8) is 0 Å². The molecule has 2 N–H and O–H groups in total. The van der Waals surface area contributed by atoms with Gasteiger partial charge in [0.05, 0.1) is 22.8 Å². The van der Waals surface area contributed by atoms with Crippen molar-refractivity contribution >= 4 is 39.8 Å². The number of hydrogen-bond acceptors (Lipinski definition) is 8. The number of carbonyl (C=O) groups is 1. The fourth-order valence-corrected chi connectivity index (χ4v) is 4.43. The molecule has 0 bridgehead atoms. The van der Waals surface area contributed by atoms with Crippen molar-refractivity contribution in [2.45, 2.75) is 6.92 Å². The minimum absolute atomic E-state index is 0.147. The van der Waals surface area contributed by atoms with Gasteiger partial charge in [-0.25, -0.2) is 19.7 Å². The first-order chi connectivity index (χ1) is 15.6. The van der Waals surface area contributed by atoms with Gasteiger partial charge in [0.2, 0.25) is 0 Å². The normalized spacial score (nSPS) is 12.7. The highest BCUT2D eigenvalue weighted by molar-refractivity contribution is 7.19. The summed E-state index contributed by atoms with van der Waals surface area (Å²) in [4.78, 5) is 28.1. The highest BCUT2D eigenvalue weighted by Crippen LogP contribution is 2.41. The number of anilines is 4. The van der Waals surface area contributed by atoms with E-state index in [0.717, 1.165) is 27.1 Å². The van der Waals surface area contributed by atoms with Gasteiger partial charge in [0, 0.05) is 12.4 Å². The number of thiazole rings is 1. The van der Waals surface area contributed by atoms with Crippen molar-refractivity contribution in [3.8, 4) is 16.3 Å². The number of hydrogen-bond donors (Lipinski definition) is 2. The molecule has 0 atom stereocenters. The summed E-state index contributed by atoms with van der Waals surface area (Å²) in [6.07, 6.45) is 3.54. The van der Waals surface area contributed by atoms with Crippen LogP contribution < -0.4 is 15.0 Å². The molecule has 4 heterocycles. The van der Waals surface area contributed by atoms with Crippen LogP contribution in [0.1, 0.15) is 15.9 Å². The van der Waals surface area contributed by atoms with Crippen LogP contribution in [0.25, 0.3) is 10.6 Å². The van der Waals surface area contributed by atoms with Crippen LogP contribution in [0.3, 0.4) is 0 Å². The van der Waals surface area contributed by atoms with E-state index in [1.165, 1.54) is 11.3 Å². The number of nitrogens with one attached hydrogen (secondary N) is 1. The Labute approximate surface area is 188 Å². The molecule has 3 aromatic heterocycles. The fraction of sp³-hybridized carbons (Fsp3) is 0.130. The van der Waals surface area contributed by atoms with Gasteiger partial charge >= 0.3 is 5.97 Å². The van der Waals surface area contributed by atoms with Crippen LogP contribution >= 0.6 is 11.3 Å². The molecule has 0 saturated heterocycles. The van der Waals surface area contributed by atoms with Crippen molar-refractivity contribution in [3.05, 3.63) is 72.1 Å². The SMILES string of the molecule is Cc1ccnc(Nc2cccc(-c3cnc(N4CCOc5c(C(=O)O)cccc54)s3)n2)c1. The molecule has 32 heavy (non-hydrogen) atoms. The molecule has 0 saturated carbocycles. The zero-order valence-corrected chi connectivity index (χ0v) is 18.0. The number of nitrogens with zero attached hydrogens (tertiary/aromatic N) is 4. The van der Waals surface area contributed by atoms with Gasteiger partial charge in [0.1, 0.15) is 23.8 Å². The molecular weight excluding hydrogens is 426 g/mol. The van der Waals surface area contributed by atoms with E-state index in [9.17, 15) is 9.90 Å². The van der Waals surface area contributed by atoms with Gasteiger partial charge in [-0.3, -0.25) is 0 Å². The average molecular weight is 446 g/mol. The van der Waals surface area contributed by atoms with Crippen LogP contribution in [-0.4, -0.2) is 39.2 Å². The molecule has 0 radical (unpaired) electrons. The van der Waals surface area contributed by atoms with Crippen LogP contribution in [0.4, 0.5) is 22.5 Å². The molecule has 0 amide bonds. The maximum Gasteiger partial charge on any atom is 0.339 e. The highest BCUT2D eigenvalue weighted by Gasteiger charge is 2.26. The summed E-state index contributed by atoms with van der Waals surface area (Å²) >= 11 is 1.49. The third-order valence-electron chi connectivity index (χ3n) is 4.97. The maximum absolute atomic E-state index is 11.6. The molecule has 5 rings (SSSR count). The Morgan fingerprint density at radius 2 is 2.03 bits per heavy atom. The summed E-state index contributed by atoms with van der Waals surface area (Å²) in [6.45, 7) is 2.98. The van der Waals surface area contributed by atoms with Gasteiger partial charge in [-0.15, -0.1) is 0 Å². The minimum Gasteiger partial charge on any atom is -0.489 e. The monoisotopic (exact) mass is 445 g/mol. The standard InChI is InChI=1S/C23H19N5O3S/c1-14-8-9-24-20(12-14)27-19-7-3-5-16(26-19)18-13-25-23(32-18)28-10-11-31-21-15(22(29)30)4-2-6-17(21)28/h2-9,12-13H,10-11H2,1H3,(H,29,30)(H,24,26,27). The Morgan fingerprint density at radius 3 is 2.88 bits per heavy atom. The van der Waals surface area contributed by atoms with Crippen LogP contribution in [-0.2, 0) is 0 Å². The number of carboxylic acids is 1. The lowest BCUT2D eigenvalue weighted by atomic mass is 10.1. The van der Waals surface area contributed by atoms with E-state index in [0.29, 0.717) is 30.4 Å². The molecule has 0 unspecified atom stereocenters. The summed E-state index contributed by atoms with van der Waals surface area (Å²) in [5.74, 6) is 0.787. The van der Waals surface area contributed by atoms with Crippen molar-refractivity contribution in [1.82, 2.24) is 15.0 Å². The largest absolute Gasteiger partial charge is 0.489 e. The molecule has 9 heteroatoms. The number of aryl methyl sites for hydroxylation is 1. The summed E-state index contributed by atoms with van der Waals surface area (Å²) in [6, 6.07) is 14.8. The number of rotatable bonds is 5. The molecule has 1 aromatic carbocycles. The number of aromatic nitrogens is 3. The first-order valence-corrected chi connectivity index (χ1v) is 10.8.